The minimum absolute atomic E-state index is 0.0263. The Morgan fingerprint density at radius 3 is 2.47 bits per heavy atom. The highest BCUT2D eigenvalue weighted by Crippen LogP contribution is 2.31. The van der Waals surface area contributed by atoms with E-state index in [0.717, 1.165) is 29.3 Å². The Balaban J connectivity index is 1.49. The molecule has 0 aromatic heterocycles. The van der Waals surface area contributed by atoms with Crippen LogP contribution in [0.5, 0.6) is 5.75 Å². The standard InChI is InChI=1S/C27H24ClN3O5/c1-27(2)15-17-6-10-20(36-3)13-22(17)24(30-27)14-25(32)16-4-7-18(8-5-16)29-26(33)21-11-9-19(31(34)35)12-23(21)28/h4-13H,14-15H2,1-3H3,(H,29,33). The van der Waals surface area contributed by atoms with E-state index in [1.165, 1.54) is 12.1 Å². The number of nitro benzene ring substituents is 1. The number of ether oxygens (including phenoxy) is 1. The summed E-state index contributed by atoms with van der Waals surface area (Å²) in [6.07, 6.45) is 0.908. The van der Waals surface area contributed by atoms with Crippen LogP contribution in [0.1, 0.15) is 52.1 Å². The van der Waals surface area contributed by atoms with Crippen molar-refractivity contribution in [2.45, 2.75) is 32.2 Å². The van der Waals surface area contributed by atoms with Crippen LogP contribution in [0.2, 0.25) is 5.02 Å². The molecule has 0 saturated heterocycles. The molecule has 1 amide bonds. The summed E-state index contributed by atoms with van der Waals surface area (Å²) in [5, 5.41) is 13.5. The molecule has 8 nitrogen and oxygen atoms in total. The third-order valence-electron chi connectivity index (χ3n) is 5.89. The number of ketones is 1. The molecule has 0 unspecified atom stereocenters. The lowest BCUT2D eigenvalue weighted by Gasteiger charge is -2.29. The second kappa shape index (κ2) is 9.91. The maximum absolute atomic E-state index is 13.1. The summed E-state index contributed by atoms with van der Waals surface area (Å²) in [5.74, 6) is 0.0941. The number of halogens is 1. The van der Waals surface area contributed by atoms with Crippen molar-refractivity contribution < 1.29 is 19.2 Å². The van der Waals surface area contributed by atoms with Gasteiger partial charge in [-0.2, -0.15) is 0 Å². The molecule has 0 atom stereocenters. The lowest BCUT2D eigenvalue weighted by atomic mass is 9.85. The number of carbonyl (C=O) groups excluding carboxylic acids is 2. The quantitative estimate of drug-likeness (QED) is 0.244. The average Bonchev–Trinajstić information content (AvgIpc) is 2.83. The molecule has 184 valence electrons. The Bertz CT molecular complexity index is 1400. The summed E-state index contributed by atoms with van der Waals surface area (Å²) in [7, 11) is 1.60. The number of nitrogens with zero attached hydrogens (tertiary/aromatic N) is 2. The van der Waals surface area contributed by atoms with Crippen LogP contribution in [-0.4, -0.2) is 35.0 Å². The third kappa shape index (κ3) is 5.44. The molecule has 1 aliphatic rings. The molecule has 0 fully saturated rings. The number of nitrogens with one attached hydrogen (secondary N) is 1. The van der Waals surface area contributed by atoms with Gasteiger partial charge in [-0.3, -0.25) is 24.7 Å². The van der Waals surface area contributed by atoms with Gasteiger partial charge >= 0.3 is 0 Å². The summed E-state index contributed by atoms with van der Waals surface area (Å²) >= 11 is 6.04. The minimum atomic E-state index is -0.585. The summed E-state index contributed by atoms with van der Waals surface area (Å²) in [6.45, 7) is 4.08. The third-order valence-corrected chi connectivity index (χ3v) is 6.20. The number of carbonyl (C=O) groups is 2. The topological polar surface area (TPSA) is 111 Å². The number of amides is 1. The van der Waals surface area contributed by atoms with Gasteiger partial charge in [-0.15, -0.1) is 0 Å². The highest BCUT2D eigenvalue weighted by atomic mass is 35.5. The van der Waals surface area contributed by atoms with E-state index in [1.807, 2.05) is 32.0 Å². The number of hydrogen-bond acceptors (Lipinski definition) is 6. The van der Waals surface area contributed by atoms with Gasteiger partial charge in [-0.25, -0.2) is 0 Å². The zero-order valence-electron chi connectivity index (χ0n) is 20.0. The van der Waals surface area contributed by atoms with Gasteiger partial charge in [0.15, 0.2) is 5.78 Å². The van der Waals surface area contributed by atoms with Crippen molar-refractivity contribution in [1.29, 1.82) is 0 Å². The summed E-state index contributed by atoms with van der Waals surface area (Å²) in [5.41, 5.74) is 3.29. The van der Waals surface area contributed by atoms with Crippen molar-refractivity contribution in [1.82, 2.24) is 0 Å². The van der Waals surface area contributed by atoms with Crippen molar-refractivity contribution in [3.63, 3.8) is 0 Å². The highest BCUT2D eigenvalue weighted by Gasteiger charge is 2.28. The van der Waals surface area contributed by atoms with E-state index in [-0.39, 0.29) is 34.0 Å². The summed E-state index contributed by atoms with van der Waals surface area (Å²) in [4.78, 5) is 40.8. The van der Waals surface area contributed by atoms with Gasteiger partial charge in [0.05, 0.1) is 40.3 Å². The molecular formula is C27H24ClN3O5. The van der Waals surface area contributed by atoms with Gasteiger partial charge < -0.3 is 10.1 Å². The van der Waals surface area contributed by atoms with Crippen molar-refractivity contribution in [2.75, 3.05) is 12.4 Å². The second-order valence-electron chi connectivity index (χ2n) is 9.12. The smallest absolute Gasteiger partial charge is 0.270 e. The van der Waals surface area contributed by atoms with Crippen LogP contribution in [0.15, 0.2) is 65.7 Å². The van der Waals surface area contributed by atoms with Crippen molar-refractivity contribution in [2.24, 2.45) is 4.99 Å². The van der Waals surface area contributed by atoms with Gasteiger partial charge in [-0.1, -0.05) is 17.7 Å². The van der Waals surface area contributed by atoms with Crippen molar-refractivity contribution in [3.05, 3.63) is 98.1 Å². The fourth-order valence-corrected chi connectivity index (χ4v) is 4.43. The molecule has 0 aliphatic carbocycles. The molecule has 9 heteroatoms. The Hall–Kier alpha value is -4.04. The van der Waals surface area contributed by atoms with E-state index in [0.29, 0.717) is 17.0 Å². The Morgan fingerprint density at radius 1 is 1.11 bits per heavy atom. The van der Waals surface area contributed by atoms with Crippen molar-refractivity contribution in [3.8, 4) is 5.75 Å². The molecule has 0 bridgehead atoms. The lowest BCUT2D eigenvalue weighted by Crippen LogP contribution is -2.30. The number of benzene rings is 3. The SMILES string of the molecule is COc1ccc2c(c1)C(CC(=O)c1ccc(NC(=O)c3ccc([N+](=O)[O-])cc3Cl)cc1)=NC(C)(C)C2. The van der Waals surface area contributed by atoms with E-state index < -0.39 is 10.8 Å². The number of anilines is 1. The van der Waals surface area contributed by atoms with Crippen LogP contribution in [0.4, 0.5) is 11.4 Å². The molecule has 1 N–H and O–H groups in total. The van der Waals surface area contributed by atoms with Crippen LogP contribution < -0.4 is 10.1 Å². The summed E-state index contributed by atoms with van der Waals surface area (Å²) in [6, 6.07) is 16.0. The zero-order chi connectivity index (χ0) is 26.0. The van der Waals surface area contributed by atoms with E-state index in [1.54, 1.807) is 31.4 Å². The normalized spacial score (nSPS) is 13.8. The molecule has 0 spiro atoms. The minimum Gasteiger partial charge on any atom is -0.497 e. The molecule has 0 radical (unpaired) electrons. The van der Waals surface area contributed by atoms with Crippen molar-refractivity contribution >= 4 is 40.4 Å². The Labute approximate surface area is 213 Å². The second-order valence-corrected chi connectivity index (χ2v) is 9.53. The molecule has 0 saturated carbocycles. The molecule has 4 rings (SSSR count). The number of non-ortho nitro benzene ring substituents is 1. The number of hydrogen-bond donors (Lipinski definition) is 1. The number of fused-ring (bicyclic) bond motifs is 1. The van der Waals surface area contributed by atoms with Crippen LogP contribution in [0, 0.1) is 10.1 Å². The largest absolute Gasteiger partial charge is 0.497 e. The molecule has 3 aromatic rings. The average molecular weight is 506 g/mol. The van der Waals surface area contributed by atoms with Crippen LogP contribution in [0.3, 0.4) is 0 Å². The van der Waals surface area contributed by atoms with Crippen LogP contribution >= 0.6 is 11.6 Å². The highest BCUT2D eigenvalue weighted by molar-refractivity contribution is 6.34. The molecule has 1 heterocycles. The van der Waals surface area contributed by atoms with Gasteiger partial charge in [0, 0.05) is 28.9 Å². The lowest BCUT2D eigenvalue weighted by molar-refractivity contribution is -0.384. The van der Waals surface area contributed by atoms with Crippen LogP contribution in [0.25, 0.3) is 0 Å². The molecule has 1 aliphatic heterocycles. The number of methoxy groups -OCH3 is 1. The van der Waals surface area contributed by atoms with Crippen LogP contribution in [-0.2, 0) is 6.42 Å². The fraction of sp³-hybridized carbons (Fsp3) is 0.222. The maximum atomic E-state index is 13.1. The predicted octanol–water partition coefficient (Wildman–Crippen LogP) is 5.91. The van der Waals surface area contributed by atoms with Gasteiger partial charge in [-0.05, 0) is 68.3 Å². The van der Waals surface area contributed by atoms with Gasteiger partial charge in [0.2, 0.25) is 0 Å². The zero-order valence-corrected chi connectivity index (χ0v) is 20.8. The van der Waals surface area contributed by atoms with E-state index >= 15 is 0 Å². The van der Waals surface area contributed by atoms with E-state index in [9.17, 15) is 19.7 Å². The number of aliphatic imine (C=N–C) groups is 1. The Morgan fingerprint density at radius 2 is 1.83 bits per heavy atom. The number of Topliss-reactive ketones (excluding diaryl/α,β-unsaturated/α-hetero) is 1. The molecular weight excluding hydrogens is 482 g/mol. The first kappa shape index (κ1) is 25.1. The van der Waals surface area contributed by atoms with E-state index in [2.05, 4.69) is 5.32 Å². The maximum Gasteiger partial charge on any atom is 0.270 e. The Kier molecular flexibility index (Phi) is 6.90. The number of nitro groups is 1. The number of rotatable bonds is 7. The molecule has 3 aromatic carbocycles. The first-order chi connectivity index (χ1) is 17.1. The first-order valence-corrected chi connectivity index (χ1v) is 11.6. The van der Waals surface area contributed by atoms with Gasteiger partial charge in [0.25, 0.3) is 11.6 Å². The van der Waals surface area contributed by atoms with Gasteiger partial charge in [0.1, 0.15) is 5.75 Å². The molecule has 36 heavy (non-hydrogen) atoms. The predicted molar refractivity (Wildman–Crippen MR) is 139 cm³/mol. The van der Waals surface area contributed by atoms with E-state index in [4.69, 9.17) is 21.3 Å². The first-order valence-electron chi connectivity index (χ1n) is 11.2. The summed E-state index contributed by atoms with van der Waals surface area (Å²) < 4.78 is 5.36. The fourth-order valence-electron chi connectivity index (χ4n) is 4.17. The monoisotopic (exact) mass is 505 g/mol.